The number of aromatic nitrogens is 3. The van der Waals surface area contributed by atoms with E-state index in [-0.39, 0.29) is 6.04 Å². The molecule has 0 amide bonds. The minimum atomic E-state index is -2.55. The zero-order chi connectivity index (χ0) is 14.1. The molecule has 0 spiro atoms. The zero-order valence-corrected chi connectivity index (χ0v) is 11.2. The van der Waals surface area contributed by atoms with Gasteiger partial charge >= 0.3 is 6.55 Å². The first-order chi connectivity index (χ1) is 9.65. The average Bonchev–Trinajstić information content (AvgIpc) is 2.98. The van der Waals surface area contributed by atoms with Gasteiger partial charge in [-0.15, -0.1) is 0 Å². The molecule has 0 aromatic carbocycles. The van der Waals surface area contributed by atoms with E-state index in [0.717, 1.165) is 35.8 Å². The van der Waals surface area contributed by atoms with Gasteiger partial charge in [-0.2, -0.15) is 8.78 Å². The van der Waals surface area contributed by atoms with Gasteiger partial charge in [0.15, 0.2) is 0 Å². The fraction of sp³-hybridized carbons (Fsp3) is 0.500. The number of hydrogen-bond donors (Lipinski definition) is 1. The van der Waals surface area contributed by atoms with E-state index in [1.807, 2.05) is 17.0 Å². The number of halogens is 2. The Bertz CT molecular complexity index is 588. The van der Waals surface area contributed by atoms with Crippen LogP contribution in [0, 0.1) is 0 Å². The second kappa shape index (κ2) is 5.36. The van der Waals surface area contributed by atoms with E-state index in [9.17, 15) is 8.78 Å². The highest BCUT2D eigenvalue weighted by Gasteiger charge is 2.18. The molecule has 2 aromatic heterocycles. The molecule has 0 saturated carbocycles. The molecule has 6 heteroatoms. The molecular weight excluding hydrogens is 262 g/mol. The van der Waals surface area contributed by atoms with Crippen molar-refractivity contribution in [3.63, 3.8) is 0 Å². The molecule has 2 N–H and O–H groups in total. The van der Waals surface area contributed by atoms with Gasteiger partial charge in [0.2, 0.25) is 0 Å². The average molecular weight is 280 g/mol. The van der Waals surface area contributed by atoms with Crippen molar-refractivity contribution >= 4 is 0 Å². The lowest BCUT2D eigenvalue weighted by atomic mass is 10.1. The molecule has 0 bridgehead atoms. The number of aryl methyl sites for hydroxylation is 1. The Hall–Kier alpha value is -1.69. The number of nitrogens with zero attached hydrogens (tertiary/aromatic N) is 3. The van der Waals surface area contributed by atoms with Gasteiger partial charge in [-0.25, -0.2) is 4.98 Å². The van der Waals surface area contributed by atoms with Gasteiger partial charge in [0.1, 0.15) is 5.82 Å². The van der Waals surface area contributed by atoms with E-state index in [0.29, 0.717) is 12.4 Å². The van der Waals surface area contributed by atoms with Crippen molar-refractivity contribution in [2.24, 2.45) is 5.73 Å². The number of imidazole rings is 1. The summed E-state index contributed by atoms with van der Waals surface area (Å²) in [6.45, 7) is -2.21. The van der Waals surface area contributed by atoms with E-state index in [2.05, 4.69) is 4.98 Å². The maximum absolute atomic E-state index is 12.8. The lowest BCUT2D eigenvalue weighted by Gasteiger charge is -2.08. The fourth-order valence-electron chi connectivity index (χ4n) is 2.85. The van der Waals surface area contributed by atoms with E-state index in [1.165, 1.54) is 18.0 Å². The molecule has 0 saturated heterocycles. The molecule has 1 unspecified atom stereocenters. The van der Waals surface area contributed by atoms with Gasteiger partial charge < -0.3 is 10.3 Å². The van der Waals surface area contributed by atoms with E-state index in [1.54, 1.807) is 0 Å². The number of nitrogens with two attached hydrogens (primary N) is 1. The first-order valence-corrected chi connectivity index (χ1v) is 6.89. The van der Waals surface area contributed by atoms with Crippen LogP contribution >= 0.6 is 0 Å². The minimum Gasteiger partial charge on any atom is -0.346 e. The molecule has 108 valence electrons. The van der Waals surface area contributed by atoms with Crippen molar-refractivity contribution in [2.45, 2.75) is 44.8 Å². The maximum Gasteiger partial charge on any atom is 0.319 e. The Labute approximate surface area is 116 Å². The predicted molar refractivity (Wildman–Crippen MR) is 71.5 cm³/mol. The first kappa shape index (κ1) is 13.3. The van der Waals surface area contributed by atoms with Crippen molar-refractivity contribution in [1.29, 1.82) is 0 Å². The molecule has 0 fully saturated rings. The normalized spacial score (nSPS) is 19.1. The summed E-state index contributed by atoms with van der Waals surface area (Å²) in [7, 11) is 0. The summed E-state index contributed by atoms with van der Waals surface area (Å²) in [6, 6.07) is 0.0589. The van der Waals surface area contributed by atoms with Crippen molar-refractivity contribution < 1.29 is 8.78 Å². The summed E-state index contributed by atoms with van der Waals surface area (Å²) in [5, 5.41) is 0. The molecular formula is C14H18F2N4. The Morgan fingerprint density at radius 3 is 3.00 bits per heavy atom. The first-order valence-electron chi connectivity index (χ1n) is 6.89. The third-order valence-electron chi connectivity index (χ3n) is 3.89. The predicted octanol–water partition coefficient (Wildman–Crippen LogP) is 2.85. The molecule has 1 aliphatic rings. The molecule has 2 aromatic rings. The van der Waals surface area contributed by atoms with E-state index >= 15 is 0 Å². The van der Waals surface area contributed by atoms with Crippen LogP contribution < -0.4 is 5.73 Å². The molecule has 0 radical (unpaired) electrons. The monoisotopic (exact) mass is 280 g/mol. The summed E-state index contributed by atoms with van der Waals surface area (Å²) in [4.78, 5) is 4.01. The quantitative estimate of drug-likeness (QED) is 0.879. The van der Waals surface area contributed by atoms with Gasteiger partial charge in [0.05, 0.1) is 6.54 Å². The van der Waals surface area contributed by atoms with Gasteiger partial charge in [0.25, 0.3) is 0 Å². The number of fused-ring (bicyclic) bond motifs is 1. The molecule has 1 aliphatic carbocycles. The molecule has 4 nitrogen and oxygen atoms in total. The number of rotatable bonds is 3. The lowest BCUT2D eigenvalue weighted by Crippen LogP contribution is -2.10. The van der Waals surface area contributed by atoms with Gasteiger partial charge in [0, 0.05) is 30.8 Å². The van der Waals surface area contributed by atoms with E-state index < -0.39 is 6.55 Å². The minimum absolute atomic E-state index is 0.0589. The number of hydrogen-bond acceptors (Lipinski definition) is 2. The standard InChI is InChI=1S/C14H18F2N4/c15-14(16)20-6-5-18-13(20)9-19-7-10-3-1-2-4-12(17)11(10)8-19/h5-8,12,14H,1-4,9,17H2. The Balaban J connectivity index is 1.85. The van der Waals surface area contributed by atoms with Crippen LogP contribution in [0.1, 0.15) is 48.8 Å². The third-order valence-corrected chi connectivity index (χ3v) is 3.89. The highest BCUT2D eigenvalue weighted by Crippen LogP contribution is 2.28. The van der Waals surface area contributed by atoms with Crippen molar-refractivity contribution in [2.75, 3.05) is 0 Å². The van der Waals surface area contributed by atoms with Gasteiger partial charge in [-0.1, -0.05) is 6.42 Å². The Morgan fingerprint density at radius 2 is 2.20 bits per heavy atom. The molecule has 2 heterocycles. The van der Waals surface area contributed by atoms with Crippen molar-refractivity contribution in [3.8, 4) is 0 Å². The SMILES string of the molecule is NC1CCCCc2cn(Cc3nccn3C(F)F)cc21. The molecule has 1 atom stereocenters. The van der Waals surface area contributed by atoms with E-state index in [4.69, 9.17) is 5.73 Å². The largest absolute Gasteiger partial charge is 0.346 e. The zero-order valence-electron chi connectivity index (χ0n) is 11.2. The third kappa shape index (κ3) is 2.47. The fourth-order valence-corrected chi connectivity index (χ4v) is 2.85. The summed E-state index contributed by atoms with van der Waals surface area (Å²) >= 11 is 0. The smallest absolute Gasteiger partial charge is 0.319 e. The van der Waals surface area contributed by atoms with Crippen LogP contribution in [0.25, 0.3) is 0 Å². The van der Waals surface area contributed by atoms with Crippen LogP contribution in [-0.4, -0.2) is 14.1 Å². The van der Waals surface area contributed by atoms with Gasteiger partial charge in [-0.05, 0) is 30.4 Å². The second-order valence-electron chi connectivity index (χ2n) is 5.29. The highest BCUT2D eigenvalue weighted by molar-refractivity contribution is 5.29. The second-order valence-corrected chi connectivity index (χ2v) is 5.29. The van der Waals surface area contributed by atoms with Crippen LogP contribution in [0.3, 0.4) is 0 Å². The molecule has 20 heavy (non-hydrogen) atoms. The Kier molecular flexibility index (Phi) is 3.56. The summed E-state index contributed by atoms with van der Waals surface area (Å²) in [6.07, 6.45) is 11.0. The number of alkyl halides is 2. The van der Waals surface area contributed by atoms with Crippen molar-refractivity contribution in [1.82, 2.24) is 14.1 Å². The van der Waals surface area contributed by atoms with Crippen LogP contribution in [0.15, 0.2) is 24.8 Å². The summed E-state index contributed by atoms with van der Waals surface area (Å²) in [5.74, 6) is 0.360. The lowest BCUT2D eigenvalue weighted by molar-refractivity contribution is 0.0667. The summed E-state index contributed by atoms with van der Waals surface area (Å²) in [5.41, 5.74) is 8.55. The maximum atomic E-state index is 12.8. The molecule has 3 rings (SSSR count). The van der Waals surface area contributed by atoms with Crippen LogP contribution in [-0.2, 0) is 13.0 Å². The molecule has 0 aliphatic heterocycles. The topological polar surface area (TPSA) is 48.8 Å². The van der Waals surface area contributed by atoms with Crippen LogP contribution in [0.5, 0.6) is 0 Å². The van der Waals surface area contributed by atoms with Crippen LogP contribution in [0.2, 0.25) is 0 Å². The highest BCUT2D eigenvalue weighted by atomic mass is 19.3. The van der Waals surface area contributed by atoms with Crippen molar-refractivity contribution in [3.05, 3.63) is 41.7 Å². The van der Waals surface area contributed by atoms with Gasteiger partial charge in [-0.3, -0.25) is 4.57 Å². The summed E-state index contributed by atoms with van der Waals surface area (Å²) < 4.78 is 28.4. The Morgan fingerprint density at radius 1 is 1.35 bits per heavy atom. The van der Waals surface area contributed by atoms with Crippen LogP contribution in [0.4, 0.5) is 8.78 Å².